The van der Waals surface area contributed by atoms with Gasteiger partial charge in [0, 0.05) is 18.3 Å². The number of hydrogen-bond acceptors (Lipinski definition) is 4. The fraction of sp³-hybridized carbons (Fsp3) is 0.368. The van der Waals surface area contributed by atoms with Crippen LogP contribution >= 0.6 is 0 Å². The van der Waals surface area contributed by atoms with Gasteiger partial charge in [0.1, 0.15) is 12.8 Å². The molecule has 1 amide bonds. The Kier molecular flexibility index (Phi) is 7.32. The number of pyridine rings is 1. The van der Waals surface area contributed by atoms with Gasteiger partial charge in [-0.1, -0.05) is 30.3 Å². The van der Waals surface area contributed by atoms with Crippen molar-refractivity contribution in [2.24, 2.45) is 0 Å². The molecule has 0 saturated heterocycles. The molecule has 1 heterocycles. The van der Waals surface area contributed by atoms with Crippen LogP contribution in [0.25, 0.3) is 11.1 Å². The predicted molar refractivity (Wildman–Crippen MR) is 95.9 cm³/mol. The van der Waals surface area contributed by atoms with Crippen LogP contribution in [0.1, 0.15) is 17.4 Å². The van der Waals surface area contributed by atoms with Crippen molar-refractivity contribution in [3.63, 3.8) is 0 Å². The maximum atomic E-state index is 13.1. The van der Waals surface area contributed by atoms with E-state index in [-0.39, 0.29) is 0 Å². The second-order valence-corrected chi connectivity index (χ2v) is 6.41. The molecule has 2 N–H and O–H groups in total. The summed E-state index contributed by atoms with van der Waals surface area (Å²) in [6.07, 6.45) is -2.97. The number of halogens is 3. The Hall–Kier alpha value is -2.45. The summed E-state index contributed by atoms with van der Waals surface area (Å²) in [4.78, 5) is 17.4. The van der Waals surface area contributed by atoms with Crippen molar-refractivity contribution >= 4 is 5.91 Å². The average Bonchev–Trinajstić information content (AvgIpc) is 2.65. The Bertz CT molecular complexity index is 737. The highest BCUT2D eigenvalue weighted by molar-refractivity contribution is 5.79. The highest BCUT2D eigenvalue weighted by Crippen LogP contribution is 2.23. The first kappa shape index (κ1) is 20.9. The molecule has 8 heteroatoms. The third-order valence-electron chi connectivity index (χ3n) is 3.96. The van der Waals surface area contributed by atoms with Gasteiger partial charge < -0.3 is 15.3 Å². The maximum Gasteiger partial charge on any atom is 0.315 e. The normalized spacial score (nSPS) is 13.6. The molecule has 0 radical (unpaired) electrons. The van der Waals surface area contributed by atoms with E-state index in [2.05, 4.69) is 4.98 Å². The summed E-state index contributed by atoms with van der Waals surface area (Å²) in [5.41, 5.74) is 2.94. The number of rotatable bonds is 8. The average molecular weight is 381 g/mol. The number of benzene rings is 1. The first-order valence-corrected chi connectivity index (χ1v) is 8.34. The fourth-order valence-corrected chi connectivity index (χ4v) is 2.57. The molecule has 0 aliphatic rings. The van der Waals surface area contributed by atoms with Crippen LogP contribution in [0.5, 0.6) is 0 Å². The minimum absolute atomic E-state index is 0.313. The van der Waals surface area contributed by atoms with Gasteiger partial charge in [0.05, 0.1) is 11.7 Å². The standard InChI is InChI=1S/C19H22F3N3O2/c1-25(2)11-15-8-7-14(10-23-15)12-3-5-13(6-4-12)17(26)16(9-20)24-19(27)18(21)22/h3-8,10,16-18,26H,9,11H2,1-2H3,(H,24,27). The van der Waals surface area contributed by atoms with Gasteiger partial charge in [0.25, 0.3) is 5.91 Å². The maximum absolute atomic E-state index is 13.1. The molecule has 2 rings (SSSR count). The summed E-state index contributed by atoms with van der Waals surface area (Å²) in [6.45, 7) is -0.445. The van der Waals surface area contributed by atoms with Crippen molar-refractivity contribution in [2.45, 2.75) is 25.1 Å². The summed E-state index contributed by atoms with van der Waals surface area (Å²) >= 11 is 0. The van der Waals surface area contributed by atoms with Crippen LogP contribution in [0.3, 0.4) is 0 Å². The molecule has 5 nitrogen and oxygen atoms in total. The number of carbonyl (C=O) groups excluding carboxylic acids is 1. The molecule has 0 saturated carbocycles. The molecular formula is C19H22F3N3O2. The van der Waals surface area contributed by atoms with Crippen molar-refractivity contribution in [1.82, 2.24) is 15.2 Å². The highest BCUT2D eigenvalue weighted by atomic mass is 19.3. The molecule has 27 heavy (non-hydrogen) atoms. The van der Waals surface area contributed by atoms with E-state index in [4.69, 9.17) is 0 Å². The zero-order valence-electron chi connectivity index (χ0n) is 15.1. The summed E-state index contributed by atoms with van der Waals surface area (Å²) < 4.78 is 37.7. The van der Waals surface area contributed by atoms with Gasteiger partial charge in [0.2, 0.25) is 0 Å². The number of aromatic nitrogens is 1. The molecular weight excluding hydrogens is 359 g/mol. The Labute approximate surface area is 155 Å². The van der Waals surface area contributed by atoms with Crippen LogP contribution in [0.15, 0.2) is 42.6 Å². The number of hydrogen-bond donors (Lipinski definition) is 2. The number of aliphatic hydroxyl groups excluding tert-OH is 1. The lowest BCUT2D eigenvalue weighted by Gasteiger charge is -2.22. The van der Waals surface area contributed by atoms with Crippen LogP contribution in [-0.2, 0) is 11.3 Å². The lowest BCUT2D eigenvalue weighted by molar-refractivity contribution is -0.133. The first-order valence-electron chi connectivity index (χ1n) is 8.34. The Morgan fingerprint density at radius 3 is 2.26 bits per heavy atom. The van der Waals surface area contributed by atoms with Crippen LogP contribution in [-0.4, -0.2) is 54.1 Å². The molecule has 2 atom stereocenters. The molecule has 2 aromatic rings. The summed E-state index contributed by atoms with van der Waals surface area (Å²) in [5.74, 6) is -1.61. The lowest BCUT2D eigenvalue weighted by Crippen LogP contribution is -2.43. The minimum atomic E-state index is -3.27. The molecule has 0 aliphatic carbocycles. The molecule has 0 bridgehead atoms. The third-order valence-corrected chi connectivity index (χ3v) is 3.96. The Morgan fingerprint density at radius 1 is 1.15 bits per heavy atom. The van der Waals surface area contributed by atoms with Gasteiger partial charge in [-0.25, -0.2) is 4.39 Å². The third kappa shape index (κ3) is 5.77. The van der Waals surface area contributed by atoms with E-state index in [9.17, 15) is 23.1 Å². The molecule has 146 valence electrons. The molecule has 1 aromatic carbocycles. The van der Waals surface area contributed by atoms with Gasteiger partial charge in [-0.15, -0.1) is 0 Å². The van der Waals surface area contributed by atoms with E-state index in [1.165, 1.54) is 0 Å². The van der Waals surface area contributed by atoms with E-state index < -0.39 is 31.2 Å². The van der Waals surface area contributed by atoms with E-state index in [0.717, 1.165) is 23.4 Å². The van der Waals surface area contributed by atoms with Gasteiger partial charge in [-0.05, 0) is 31.3 Å². The van der Waals surface area contributed by atoms with Crippen molar-refractivity contribution in [3.05, 3.63) is 53.9 Å². The number of aliphatic hydroxyl groups is 1. The van der Waals surface area contributed by atoms with Crippen LogP contribution < -0.4 is 5.32 Å². The molecule has 0 aliphatic heterocycles. The Morgan fingerprint density at radius 2 is 1.78 bits per heavy atom. The number of carbonyl (C=O) groups is 1. The van der Waals surface area contributed by atoms with E-state index in [1.807, 2.05) is 31.1 Å². The van der Waals surface area contributed by atoms with Crippen molar-refractivity contribution in [2.75, 3.05) is 20.8 Å². The number of alkyl halides is 3. The summed E-state index contributed by atoms with van der Waals surface area (Å²) in [5, 5.41) is 12.0. The molecule has 2 unspecified atom stereocenters. The van der Waals surface area contributed by atoms with E-state index in [1.54, 1.807) is 35.8 Å². The SMILES string of the molecule is CN(C)Cc1ccc(-c2ccc(C(O)C(CF)NC(=O)C(F)F)cc2)cn1. The number of nitrogens with zero attached hydrogens (tertiary/aromatic N) is 2. The second kappa shape index (κ2) is 9.48. The number of amides is 1. The Balaban J connectivity index is 2.10. The largest absolute Gasteiger partial charge is 0.386 e. The van der Waals surface area contributed by atoms with Crippen molar-refractivity contribution in [3.8, 4) is 11.1 Å². The number of nitrogens with one attached hydrogen (secondary N) is 1. The second-order valence-electron chi connectivity index (χ2n) is 6.41. The first-order chi connectivity index (χ1) is 12.8. The van der Waals surface area contributed by atoms with E-state index in [0.29, 0.717) is 5.56 Å². The predicted octanol–water partition coefficient (Wildman–Crippen LogP) is 2.56. The molecule has 1 aromatic heterocycles. The molecule has 0 spiro atoms. The van der Waals surface area contributed by atoms with Crippen molar-refractivity contribution < 1.29 is 23.1 Å². The molecule has 0 fully saturated rings. The zero-order chi connectivity index (χ0) is 20.0. The zero-order valence-corrected chi connectivity index (χ0v) is 15.1. The monoisotopic (exact) mass is 381 g/mol. The van der Waals surface area contributed by atoms with Gasteiger partial charge >= 0.3 is 6.43 Å². The van der Waals surface area contributed by atoms with Gasteiger partial charge in [0.15, 0.2) is 0 Å². The summed E-state index contributed by atoms with van der Waals surface area (Å²) in [6, 6.07) is 8.94. The van der Waals surface area contributed by atoms with Gasteiger partial charge in [-0.2, -0.15) is 8.78 Å². The lowest BCUT2D eigenvalue weighted by atomic mass is 9.99. The van der Waals surface area contributed by atoms with Crippen LogP contribution in [0.4, 0.5) is 13.2 Å². The topological polar surface area (TPSA) is 65.5 Å². The summed E-state index contributed by atoms with van der Waals surface area (Å²) in [7, 11) is 3.90. The quantitative estimate of drug-likeness (QED) is 0.738. The highest BCUT2D eigenvalue weighted by Gasteiger charge is 2.26. The van der Waals surface area contributed by atoms with Gasteiger partial charge in [-0.3, -0.25) is 9.78 Å². The van der Waals surface area contributed by atoms with Crippen LogP contribution in [0, 0.1) is 0 Å². The van der Waals surface area contributed by atoms with Crippen LogP contribution in [0.2, 0.25) is 0 Å². The minimum Gasteiger partial charge on any atom is -0.386 e. The fourth-order valence-electron chi connectivity index (χ4n) is 2.57. The smallest absolute Gasteiger partial charge is 0.315 e. The van der Waals surface area contributed by atoms with Crippen molar-refractivity contribution in [1.29, 1.82) is 0 Å². The van der Waals surface area contributed by atoms with E-state index >= 15 is 0 Å².